The van der Waals surface area contributed by atoms with Crippen molar-refractivity contribution < 1.29 is 34.8 Å². The van der Waals surface area contributed by atoms with Gasteiger partial charge in [-0.3, -0.25) is 0 Å². The van der Waals surface area contributed by atoms with E-state index in [4.69, 9.17) is 0 Å². The Balaban J connectivity index is 0.000000321. The third kappa shape index (κ3) is 9.87. The van der Waals surface area contributed by atoms with Crippen molar-refractivity contribution in [3.63, 3.8) is 0 Å². The quantitative estimate of drug-likeness (QED) is 0.100. The van der Waals surface area contributed by atoms with Crippen molar-refractivity contribution in [1.82, 2.24) is 19.1 Å². The van der Waals surface area contributed by atoms with Gasteiger partial charge in [-0.15, -0.1) is 11.8 Å². The maximum Gasteiger partial charge on any atom is 0.416 e. The van der Waals surface area contributed by atoms with Crippen molar-refractivity contribution in [3.8, 4) is 22.5 Å². The number of nitrogens with zero attached hydrogens (tertiary/aromatic N) is 4. The Morgan fingerprint density at radius 1 is 0.787 bits per heavy atom. The lowest BCUT2D eigenvalue weighted by molar-refractivity contribution is -0.138. The van der Waals surface area contributed by atoms with E-state index in [0.717, 1.165) is 29.2 Å². The molecule has 2 aromatic carbocycles. The van der Waals surface area contributed by atoms with Crippen LogP contribution in [0.3, 0.4) is 0 Å². The summed E-state index contributed by atoms with van der Waals surface area (Å²) in [7, 11) is -0.312. The predicted octanol–water partition coefficient (Wildman–Crippen LogP) is 10.6. The van der Waals surface area contributed by atoms with Crippen LogP contribution >= 0.6 is 56.9 Å². The highest BCUT2D eigenvalue weighted by atomic mass is 127. The van der Waals surface area contributed by atoms with Crippen molar-refractivity contribution in [1.29, 1.82) is 0 Å². The number of aromatic nitrogens is 4. The van der Waals surface area contributed by atoms with Gasteiger partial charge in [0.25, 0.3) is 0 Å². The molecule has 0 spiro atoms. The van der Waals surface area contributed by atoms with E-state index in [-0.39, 0.29) is 23.6 Å². The lowest BCUT2D eigenvalue weighted by Gasteiger charge is -2.14. The Bertz CT molecular complexity index is 1850. The number of imidazole rings is 2. The van der Waals surface area contributed by atoms with Gasteiger partial charge in [0.2, 0.25) is 0 Å². The Hall–Kier alpha value is -2.32. The molecule has 0 fully saturated rings. The first kappa shape index (κ1) is 40.9. The summed E-state index contributed by atoms with van der Waals surface area (Å²) in [4.78, 5) is 8.73. The van der Waals surface area contributed by atoms with Gasteiger partial charge in [-0.1, -0.05) is 78.6 Å². The fourth-order valence-electron chi connectivity index (χ4n) is 4.28. The van der Waals surface area contributed by atoms with Crippen LogP contribution in [0.25, 0.3) is 34.7 Å². The standard InChI is InChI=1S/C15H14F3IN2O2S.C15H14F3IN2S.CH4/c1-3-24(22,23)13-8-10(15(16,17)18)4-5-11(13)12-9-20-14(6-7-19)21(12)2;1-3-22-13-8-10(15(16,17)18)4-5-11(13)12-9-20-14(6-7-19)21(12)2;/h4-9H,3H2,1-2H3;4-9H,3H2,1-2H3;1H4. The number of hydrogen-bond donors (Lipinski definition) is 0. The maximum absolute atomic E-state index is 13.0. The molecule has 0 aliphatic carbocycles. The summed E-state index contributed by atoms with van der Waals surface area (Å²) in [5, 5.41) is 0. The molecule has 0 N–H and O–H groups in total. The van der Waals surface area contributed by atoms with Gasteiger partial charge in [0, 0.05) is 30.1 Å². The molecule has 2 heterocycles. The van der Waals surface area contributed by atoms with Gasteiger partial charge in [-0.25, -0.2) is 18.4 Å². The average molecular weight is 925 g/mol. The smallest absolute Gasteiger partial charge is 0.328 e. The van der Waals surface area contributed by atoms with E-state index in [9.17, 15) is 34.8 Å². The van der Waals surface area contributed by atoms with Gasteiger partial charge >= 0.3 is 12.4 Å². The minimum absolute atomic E-state index is 0. The van der Waals surface area contributed by atoms with E-state index in [1.165, 1.54) is 43.1 Å². The van der Waals surface area contributed by atoms with E-state index in [1.54, 1.807) is 28.0 Å². The molecule has 6 nitrogen and oxygen atoms in total. The number of alkyl halides is 6. The van der Waals surface area contributed by atoms with Gasteiger partial charge < -0.3 is 9.13 Å². The van der Waals surface area contributed by atoms with Crippen molar-refractivity contribution in [3.05, 3.63) is 79.7 Å². The molecule has 256 valence electrons. The minimum Gasteiger partial charge on any atom is -0.328 e. The van der Waals surface area contributed by atoms with E-state index in [2.05, 4.69) is 32.6 Å². The number of sulfone groups is 1. The molecule has 0 bridgehead atoms. The largest absolute Gasteiger partial charge is 0.416 e. The van der Waals surface area contributed by atoms with Gasteiger partial charge in [0.15, 0.2) is 9.84 Å². The first-order valence-corrected chi connectivity index (χ1v) is 18.5. The van der Waals surface area contributed by atoms with Crippen LogP contribution in [0, 0.1) is 0 Å². The lowest BCUT2D eigenvalue weighted by Crippen LogP contribution is -2.11. The van der Waals surface area contributed by atoms with Crippen LogP contribution in [0.2, 0.25) is 0 Å². The summed E-state index contributed by atoms with van der Waals surface area (Å²) in [5.74, 6) is 1.74. The maximum atomic E-state index is 13.0. The summed E-state index contributed by atoms with van der Waals surface area (Å²) in [6, 6.07) is 6.61. The summed E-state index contributed by atoms with van der Waals surface area (Å²) in [6.07, 6.45) is -2.25. The number of hydrogen-bond acceptors (Lipinski definition) is 5. The second kappa shape index (κ2) is 16.9. The minimum atomic E-state index is -4.61. The van der Waals surface area contributed by atoms with Crippen molar-refractivity contribution in [2.24, 2.45) is 14.1 Å². The molecule has 0 amide bonds. The number of rotatable bonds is 8. The summed E-state index contributed by atoms with van der Waals surface area (Å²) in [5.41, 5.74) is 0.583. The van der Waals surface area contributed by atoms with Crippen molar-refractivity contribution in [2.45, 2.75) is 43.4 Å². The molecular weight excluding hydrogens is 892 g/mol. The molecule has 0 unspecified atom stereocenters. The summed E-state index contributed by atoms with van der Waals surface area (Å²) in [6.45, 7) is 3.31. The molecule has 0 aliphatic rings. The van der Waals surface area contributed by atoms with Crippen LogP contribution in [0.1, 0.15) is 44.0 Å². The molecule has 0 saturated heterocycles. The second-order valence-electron chi connectivity index (χ2n) is 9.46. The fraction of sp³-hybridized carbons (Fsp3) is 0.290. The normalized spacial score (nSPS) is 12.3. The molecule has 4 rings (SSSR count). The average Bonchev–Trinajstić information content (AvgIpc) is 3.54. The van der Waals surface area contributed by atoms with Gasteiger partial charge in [0.05, 0.1) is 45.6 Å². The lowest BCUT2D eigenvalue weighted by atomic mass is 10.1. The zero-order valence-corrected chi connectivity index (χ0v) is 30.7. The van der Waals surface area contributed by atoms with Crippen molar-refractivity contribution in [2.75, 3.05) is 11.5 Å². The molecule has 0 saturated carbocycles. The monoisotopic (exact) mass is 924 g/mol. The van der Waals surface area contributed by atoms with Crippen LogP contribution in [0.15, 0.2) is 66.7 Å². The number of thioether (sulfide) groups is 1. The van der Waals surface area contributed by atoms with E-state index in [0.29, 0.717) is 28.2 Å². The molecule has 16 heteroatoms. The Morgan fingerprint density at radius 3 is 1.66 bits per heavy atom. The van der Waals surface area contributed by atoms with Crippen LogP contribution in [0.5, 0.6) is 0 Å². The Morgan fingerprint density at radius 2 is 1.23 bits per heavy atom. The molecular formula is C31H32F6I2N4O2S2. The SMILES string of the molecule is C.CCS(=O)(=O)c1cc(C(F)(F)F)ccc1-c1cnc(C=CI)n1C.CCSc1cc(C(F)(F)F)ccc1-c1cnc(C=CI)n1C. The topological polar surface area (TPSA) is 69.8 Å². The fourth-order valence-corrected chi connectivity index (χ4v) is 6.90. The number of benzene rings is 2. The molecule has 0 radical (unpaired) electrons. The van der Waals surface area contributed by atoms with Crippen molar-refractivity contribution >= 4 is 78.9 Å². The highest BCUT2D eigenvalue weighted by molar-refractivity contribution is 14.1. The summed E-state index contributed by atoms with van der Waals surface area (Å²) < 4.78 is 109. The number of halogens is 8. The third-order valence-electron chi connectivity index (χ3n) is 6.66. The Kier molecular flexibility index (Phi) is 14.7. The highest BCUT2D eigenvalue weighted by Gasteiger charge is 2.33. The third-order valence-corrected chi connectivity index (χ3v) is 10.1. The van der Waals surface area contributed by atoms with E-state index in [1.807, 2.05) is 51.3 Å². The molecule has 47 heavy (non-hydrogen) atoms. The van der Waals surface area contributed by atoms with E-state index >= 15 is 0 Å². The molecule has 4 aromatic rings. The zero-order chi connectivity index (χ0) is 34.4. The molecule has 0 atom stereocenters. The molecule has 2 aromatic heterocycles. The zero-order valence-electron chi connectivity index (χ0n) is 24.8. The van der Waals surface area contributed by atoms with Gasteiger partial charge in [-0.2, -0.15) is 26.3 Å². The second-order valence-corrected chi connectivity index (χ2v) is 14.5. The van der Waals surface area contributed by atoms with Crippen LogP contribution in [-0.4, -0.2) is 39.0 Å². The highest BCUT2D eigenvalue weighted by Crippen LogP contribution is 2.38. The van der Waals surface area contributed by atoms with Crippen LogP contribution < -0.4 is 0 Å². The van der Waals surface area contributed by atoms with Gasteiger partial charge in [-0.05, 0) is 50.3 Å². The Labute approximate surface area is 302 Å². The van der Waals surface area contributed by atoms with E-state index < -0.39 is 33.3 Å². The molecule has 0 aliphatic heterocycles. The van der Waals surface area contributed by atoms with Crippen LogP contribution in [-0.2, 0) is 36.3 Å². The first-order chi connectivity index (χ1) is 21.5. The van der Waals surface area contributed by atoms with Gasteiger partial charge in [0.1, 0.15) is 11.6 Å². The predicted molar refractivity (Wildman–Crippen MR) is 194 cm³/mol. The summed E-state index contributed by atoms with van der Waals surface area (Å²) >= 11 is 5.51. The first-order valence-electron chi connectivity index (χ1n) is 13.4. The van der Waals surface area contributed by atoms with Crippen LogP contribution in [0.4, 0.5) is 26.3 Å².